The highest BCUT2D eigenvalue weighted by molar-refractivity contribution is 6.05. The van der Waals surface area contributed by atoms with E-state index >= 15 is 0 Å². The maximum absolute atomic E-state index is 13.2. The predicted octanol–water partition coefficient (Wildman–Crippen LogP) is 2.71. The first kappa shape index (κ1) is 17.7. The van der Waals surface area contributed by atoms with Gasteiger partial charge in [-0.2, -0.15) is 4.57 Å². The normalized spacial score (nSPS) is 15.7. The van der Waals surface area contributed by atoms with Gasteiger partial charge in [0.05, 0.1) is 7.11 Å². The fourth-order valence-electron chi connectivity index (χ4n) is 3.40. The summed E-state index contributed by atoms with van der Waals surface area (Å²) in [6, 6.07) is 21.2. The Bertz CT molecular complexity index is 1000. The molecular formula is C22H20N3O3+. The molecule has 0 spiro atoms. The number of carbonyl (C=O) groups is 2. The third-order valence-electron chi connectivity index (χ3n) is 4.73. The van der Waals surface area contributed by atoms with Gasteiger partial charge in [0, 0.05) is 23.5 Å². The number of fused-ring (bicyclic) bond motifs is 1. The number of aromatic nitrogens is 1. The number of ether oxygens (including phenoxy) is 1. The molecule has 0 aliphatic carbocycles. The van der Waals surface area contributed by atoms with Crippen LogP contribution in [0.15, 0.2) is 79.0 Å². The van der Waals surface area contributed by atoms with Crippen LogP contribution >= 0.6 is 0 Å². The quantitative estimate of drug-likeness (QED) is 0.715. The topological polar surface area (TPSA) is 62.5 Å². The van der Waals surface area contributed by atoms with Crippen LogP contribution in [0, 0.1) is 0 Å². The monoisotopic (exact) mass is 374 g/mol. The number of benzene rings is 2. The van der Waals surface area contributed by atoms with Gasteiger partial charge in [-0.1, -0.05) is 24.3 Å². The summed E-state index contributed by atoms with van der Waals surface area (Å²) in [6.45, 7) is 0.178. The van der Waals surface area contributed by atoms with Crippen molar-refractivity contribution in [2.75, 3.05) is 17.3 Å². The van der Waals surface area contributed by atoms with Gasteiger partial charge in [-0.25, -0.2) is 0 Å². The molecule has 1 N–H and O–H groups in total. The predicted molar refractivity (Wildman–Crippen MR) is 105 cm³/mol. The van der Waals surface area contributed by atoms with Gasteiger partial charge < -0.3 is 10.1 Å². The minimum Gasteiger partial charge on any atom is -0.497 e. The molecule has 28 heavy (non-hydrogen) atoms. The first-order valence-electron chi connectivity index (χ1n) is 8.98. The van der Waals surface area contributed by atoms with Crippen LogP contribution in [0.1, 0.15) is 11.7 Å². The summed E-state index contributed by atoms with van der Waals surface area (Å²) in [6.07, 6.45) is 1.82. The maximum Gasteiger partial charge on any atom is 0.294 e. The van der Waals surface area contributed by atoms with E-state index in [1.165, 1.54) is 0 Å². The molecular weight excluding hydrogens is 354 g/mol. The van der Waals surface area contributed by atoms with Gasteiger partial charge >= 0.3 is 0 Å². The lowest BCUT2D eigenvalue weighted by Crippen LogP contribution is -2.58. The molecule has 4 rings (SSSR count). The Morgan fingerprint density at radius 3 is 2.46 bits per heavy atom. The fourth-order valence-corrected chi connectivity index (χ4v) is 3.40. The van der Waals surface area contributed by atoms with Gasteiger partial charge in [-0.3, -0.25) is 14.5 Å². The smallest absolute Gasteiger partial charge is 0.294 e. The van der Waals surface area contributed by atoms with Gasteiger partial charge in [0.1, 0.15) is 5.75 Å². The van der Waals surface area contributed by atoms with Crippen LogP contribution in [-0.4, -0.2) is 18.9 Å². The van der Waals surface area contributed by atoms with E-state index in [4.69, 9.17) is 4.74 Å². The van der Waals surface area contributed by atoms with E-state index in [2.05, 4.69) is 5.32 Å². The van der Waals surface area contributed by atoms with Crippen molar-refractivity contribution in [3.63, 3.8) is 0 Å². The molecule has 1 atom stereocenters. The molecule has 3 aromatic rings. The summed E-state index contributed by atoms with van der Waals surface area (Å²) in [5.41, 5.74) is 2.09. The van der Waals surface area contributed by atoms with Crippen molar-refractivity contribution in [2.24, 2.45) is 0 Å². The van der Waals surface area contributed by atoms with E-state index in [1.54, 1.807) is 36.3 Å². The SMILES string of the molecule is COc1ccc(N2C(=O)C[n+]3ccccc3[C@H]2C(=O)Nc2ccccc2)cc1. The van der Waals surface area contributed by atoms with Crippen LogP contribution < -0.4 is 19.5 Å². The minimum atomic E-state index is -0.781. The summed E-state index contributed by atoms with van der Waals surface area (Å²) in [7, 11) is 1.59. The molecule has 6 nitrogen and oxygen atoms in total. The number of amides is 2. The maximum atomic E-state index is 13.2. The first-order valence-corrected chi connectivity index (χ1v) is 8.98. The van der Waals surface area contributed by atoms with Gasteiger partial charge in [-0.15, -0.1) is 0 Å². The molecule has 1 aliphatic heterocycles. The number of para-hydroxylation sites is 1. The fraction of sp³-hybridized carbons (Fsp3) is 0.136. The molecule has 1 aromatic heterocycles. The van der Waals surface area contributed by atoms with E-state index in [-0.39, 0.29) is 18.4 Å². The van der Waals surface area contributed by atoms with E-state index in [1.807, 2.05) is 59.3 Å². The molecule has 140 valence electrons. The zero-order chi connectivity index (χ0) is 19.5. The number of hydrogen-bond donors (Lipinski definition) is 1. The summed E-state index contributed by atoms with van der Waals surface area (Å²) in [5, 5.41) is 2.92. The highest BCUT2D eigenvalue weighted by Gasteiger charge is 2.43. The summed E-state index contributed by atoms with van der Waals surface area (Å²) in [5.74, 6) is 0.269. The number of nitrogens with one attached hydrogen (secondary N) is 1. The van der Waals surface area contributed by atoms with E-state index < -0.39 is 6.04 Å². The number of nitrogens with zero attached hydrogens (tertiary/aromatic N) is 2. The summed E-state index contributed by atoms with van der Waals surface area (Å²) >= 11 is 0. The van der Waals surface area contributed by atoms with Crippen LogP contribution in [0.2, 0.25) is 0 Å². The second kappa shape index (κ2) is 7.52. The van der Waals surface area contributed by atoms with Gasteiger partial charge in [0.25, 0.3) is 11.8 Å². The second-order valence-corrected chi connectivity index (χ2v) is 6.47. The molecule has 0 radical (unpaired) electrons. The van der Waals surface area contributed by atoms with Crippen LogP contribution in [0.25, 0.3) is 0 Å². The van der Waals surface area contributed by atoms with Crippen molar-refractivity contribution in [3.8, 4) is 5.75 Å². The molecule has 6 heteroatoms. The van der Waals surface area contributed by atoms with Crippen LogP contribution in [0.5, 0.6) is 5.75 Å². The Morgan fingerprint density at radius 2 is 1.75 bits per heavy atom. The molecule has 2 amide bonds. The van der Waals surface area contributed by atoms with Crippen LogP contribution in [-0.2, 0) is 16.1 Å². The highest BCUT2D eigenvalue weighted by atomic mass is 16.5. The average molecular weight is 374 g/mol. The summed E-state index contributed by atoms with van der Waals surface area (Å²) in [4.78, 5) is 27.8. The number of methoxy groups -OCH3 is 1. The molecule has 2 aromatic carbocycles. The molecule has 0 saturated heterocycles. The van der Waals surface area contributed by atoms with E-state index in [0.29, 0.717) is 17.1 Å². The van der Waals surface area contributed by atoms with Crippen LogP contribution in [0.3, 0.4) is 0 Å². The number of carbonyl (C=O) groups excluding carboxylic acids is 2. The van der Waals surface area contributed by atoms with Gasteiger partial charge in [0.15, 0.2) is 6.20 Å². The van der Waals surface area contributed by atoms with Gasteiger partial charge in [0.2, 0.25) is 18.3 Å². The Labute approximate surface area is 163 Å². The van der Waals surface area contributed by atoms with Crippen molar-refractivity contribution in [2.45, 2.75) is 12.6 Å². The first-order chi connectivity index (χ1) is 13.7. The molecule has 0 saturated carbocycles. The number of pyridine rings is 1. The molecule has 0 fully saturated rings. The lowest BCUT2D eigenvalue weighted by molar-refractivity contribution is -0.695. The zero-order valence-corrected chi connectivity index (χ0v) is 15.4. The number of anilines is 2. The minimum absolute atomic E-state index is 0.151. The Morgan fingerprint density at radius 1 is 1.04 bits per heavy atom. The molecule has 1 aliphatic rings. The molecule has 2 heterocycles. The average Bonchev–Trinajstić information content (AvgIpc) is 2.73. The number of rotatable bonds is 4. The summed E-state index contributed by atoms with van der Waals surface area (Å²) < 4.78 is 7.02. The lowest BCUT2D eigenvalue weighted by atomic mass is 10.0. The van der Waals surface area contributed by atoms with Crippen molar-refractivity contribution in [3.05, 3.63) is 84.7 Å². The largest absolute Gasteiger partial charge is 0.497 e. The van der Waals surface area contributed by atoms with E-state index in [9.17, 15) is 9.59 Å². The van der Waals surface area contributed by atoms with Crippen molar-refractivity contribution >= 4 is 23.2 Å². The van der Waals surface area contributed by atoms with Crippen molar-refractivity contribution in [1.82, 2.24) is 0 Å². The second-order valence-electron chi connectivity index (χ2n) is 6.47. The molecule has 0 unspecified atom stereocenters. The Hall–Kier alpha value is -3.67. The van der Waals surface area contributed by atoms with Crippen molar-refractivity contribution < 1.29 is 18.9 Å². The zero-order valence-electron chi connectivity index (χ0n) is 15.4. The Kier molecular flexibility index (Phi) is 4.76. The Balaban J connectivity index is 1.76. The third-order valence-corrected chi connectivity index (χ3v) is 4.73. The molecule has 0 bridgehead atoms. The van der Waals surface area contributed by atoms with Gasteiger partial charge in [-0.05, 0) is 36.4 Å². The van der Waals surface area contributed by atoms with Crippen LogP contribution in [0.4, 0.5) is 11.4 Å². The number of hydrogen-bond acceptors (Lipinski definition) is 3. The third kappa shape index (κ3) is 3.32. The van der Waals surface area contributed by atoms with E-state index in [0.717, 1.165) is 5.69 Å². The van der Waals surface area contributed by atoms with Crippen molar-refractivity contribution in [1.29, 1.82) is 0 Å². The lowest BCUT2D eigenvalue weighted by Gasteiger charge is -2.32. The standard InChI is InChI=1S/C22H19N3O3/c1-28-18-12-10-17(11-13-18)25-20(26)15-24-14-6-5-9-19(24)21(25)22(27)23-16-7-3-2-4-8-16/h2-14,21H,15H2,1H3/p+1/t21-/m0/s1. The highest BCUT2D eigenvalue weighted by Crippen LogP contribution is 2.31.